The molecule has 0 atom stereocenters. The summed E-state index contributed by atoms with van der Waals surface area (Å²) < 4.78 is 1.90. The minimum atomic E-state index is 0.0604. The molecule has 136 valence electrons. The van der Waals surface area contributed by atoms with Gasteiger partial charge in [-0.1, -0.05) is 25.7 Å². The first kappa shape index (κ1) is 16.4. The van der Waals surface area contributed by atoms with E-state index in [1.807, 2.05) is 15.8 Å². The van der Waals surface area contributed by atoms with Crippen LogP contribution >= 0.6 is 0 Å². The second kappa shape index (κ2) is 7.06. The van der Waals surface area contributed by atoms with Gasteiger partial charge in [0.1, 0.15) is 0 Å². The standard InChI is InChI=1S/C18H27N5O2/c24-17-8-5-9-22(17)15-10-19-23(13-15)16-11-21(12-16)18(25)20-14-6-3-1-2-4-7-14/h10,13-14,16H,1-9,11-12H2,(H,20,25). The lowest BCUT2D eigenvalue weighted by Crippen LogP contribution is -2.56. The number of rotatable bonds is 3. The van der Waals surface area contributed by atoms with Crippen LogP contribution in [0.4, 0.5) is 10.5 Å². The first-order valence-electron chi connectivity index (χ1n) is 9.60. The van der Waals surface area contributed by atoms with Crippen molar-refractivity contribution in [3.05, 3.63) is 12.4 Å². The fourth-order valence-corrected chi connectivity index (χ4v) is 4.07. The quantitative estimate of drug-likeness (QED) is 0.855. The molecule has 0 aromatic carbocycles. The third kappa shape index (κ3) is 3.50. The van der Waals surface area contributed by atoms with Crippen LogP contribution in [-0.4, -0.2) is 52.3 Å². The van der Waals surface area contributed by atoms with E-state index in [0.29, 0.717) is 25.6 Å². The molecule has 1 N–H and O–H groups in total. The number of carbonyl (C=O) groups excluding carboxylic acids is 2. The van der Waals surface area contributed by atoms with Crippen LogP contribution < -0.4 is 10.2 Å². The van der Waals surface area contributed by atoms with E-state index in [4.69, 9.17) is 0 Å². The van der Waals surface area contributed by atoms with E-state index in [0.717, 1.165) is 31.5 Å². The molecule has 1 aromatic heterocycles. The smallest absolute Gasteiger partial charge is 0.317 e. The molecule has 1 aliphatic carbocycles. The van der Waals surface area contributed by atoms with Gasteiger partial charge in [0.15, 0.2) is 0 Å². The van der Waals surface area contributed by atoms with E-state index < -0.39 is 0 Å². The van der Waals surface area contributed by atoms with Gasteiger partial charge in [0, 0.05) is 38.3 Å². The summed E-state index contributed by atoms with van der Waals surface area (Å²) in [7, 11) is 0. The largest absolute Gasteiger partial charge is 0.335 e. The van der Waals surface area contributed by atoms with Gasteiger partial charge in [0.2, 0.25) is 5.91 Å². The maximum atomic E-state index is 12.4. The maximum absolute atomic E-state index is 12.4. The van der Waals surface area contributed by atoms with Crippen molar-refractivity contribution in [2.45, 2.75) is 63.5 Å². The Morgan fingerprint density at radius 1 is 1.12 bits per heavy atom. The van der Waals surface area contributed by atoms with Crippen molar-refractivity contribution in [1.29, 1.82) is 0 Å². The molecule has 4 rings (SSSR count). The fourth-order valence-electron chi connectivity index (χ4n) is 4.07. The number of nitrogens with one attached hydrogen (secondary N) is 1. The van der Waals surface area contributed by atoms with Gasteiger partial charge in [0.05, 0.1) is 17.9 Å². The number of hydrogen-bond acceptors (Lipinski definition) is 3. The highest BCUT2D eigenvalue weighted by atomic mass is 16.2. The lowest BCUT2D eigenvalue weighted by atomic mass is 10.1. The van der Waals surface area contributed by atoms with Crippen LogP contribution in [0.15, 0.2) is 12.4 Å². The summed E-state index contributed by atoms with van der Waals surface area (Å²) >= 11 is 0. The summed E-state index contributed by atoms with van der Waals surface area (Å²) in [6.07, 6.45) is 12.5. The zero-order chi connectivity index (χ0) is 17.2. The van der Waals surface area contributed by atoms with Gasteiger partial charge in [-0.25, -0.2) is 4.79 Å². The SMILES string of the molecule is O=C(NC1CCCCCC1)N1CC(n2cc(N3CCCC3=O)cn2)C1. The normalized spacial score (nSPS) is 22.8. The number of likely N-dealkylation sites (tertiary alicyclic amines) is 1. The summed E-state index contributed by atoms with van der Waals surface area (Å²) in [6, 6.07) is 0.614. The molecule has 3 amide bonds. The second-order valence-electron chi connectivity index (χ2n) is 7.52. The Balaban J connectivity index is 1.27. The van der Waals surface area contributed by atoms with Crippen molar-refractivity contribution in [1.82, 2.24) is 20.0 Å². The summed E-state index contributed by atoms with van der Waals surface area (Å²) in [5, 5.41) is 7.60. The number of anilines is 1. The maximum Gasteiger partial charge on any atom is 0.317 e. The number of carbonyl (C=O) groups is 2. The van der Waals surface area contributed by atoms with E-state index in [1.54, 1.807) is 11.1 Å². The van der Waals surface area contributed by atoms with E-state index in [9.17, 15) is 9.59 Å². The molecule has 1 saturated carbocycles. The average molecular weight is 345 g/mol. The average Bonchev–Trinajstić information content (AvgIpc) is 3.10. The van der Waals surface area contributed by atoms with Crippen molar-refractivity contribution < 1.29 is 9.59 Å². The minimum Gasteiger partial charge on any atom is -0.335 e. The van der Waals surface area contributed by atoms with Gasteiger partial charge in [-0.15, -0.1) is 0 Å². The molecule has 25 heavy (non-hydrogen) atoms. The molecule has 0 spiro atoms. The molecule has 2 aliphatic heterocycles. The zero-order valence-corrected chi connectivity index (χ0v) is 14.7. The van der Waals surface area contributed by atoms with E-state index >= 15 is 0 Å². The molecule has 3 heterocycles. The van der Waals surface area contributed by atoms with Gasteiger partial charge in [0.25, 0.3) is 0 Å². The summed E-state index contributed by atoms with van der Waals surface area (Å²) in [5.74, 6) is 0.178. The molecule has 0 unspecified atom stereocenters. The Morgan fingerprint density at radius 3 is 2.56 bits per heavy atom. The van der Waals surface area contributed by atoms with Crippen molar-refractivity contribution >= 4 is 17.6 Å². The zero-order valence-electron chi connectivity index (χ0n) is 14.7. The monoisotopic (exact) mass is 345 g/mol. The van der Waals surface area contributed by atoms with Crippen molar-refractivity contribution in [3.63, 3.8) is 0 Å². The van der Waals surface area contributed by atoms with Gasteiger partial charge < -0.3 is 15.1 Å². The number of nitrogens with zero attached hydrogens (tertiary/aromatic N) is 4. The van der Waals surface area contributed by atoms with Crippen LogP contribution in [-0.2, 0) is 4.79 Å². The first-order valence-corrected chi connectivity index (χ1v) is 9.60. The van der Waals surface area contributed by atoms with Crippen LogP contribution in [0.25, 0.3) is 0 Å². The first-order chi connectivity index (χ1) is 12.2. The number of hydrogen-bond donors (Lipinski definition) is 1. The van der Waals surface area contributed by atoms with Crippen molar-refractivity contribution in [2.24, 2.45) is 0 Å². The summed E-state index contributed by atoms with van der Waals surface area (Å²) in [6.45, 7) is 2.16. The Labute approximate surface area is 148 Å². The second-order valence-corrected chi connectivity index (χ2v) is 7.52. The van der Waals surface area contributed by atoms with Crippen LogP contribution in [0.3, 0.4) is 0 Å². The summed E-state index contributed by atoms with van der Waals surface area (Å²) in [5.41, 5.74) is 0.879. The molecule has 7 nitrogen and oxygen atoms in total. The van der Waals surface area contributed by atoms with Gasteiger partial charge in [-0.05, 0) is 19.3 Å². The van der Waals surface area contributed by atoms with E-state index in [-0.39, 0.29) is 18.0 Å². The molecule has 3 aliphatic rings. The molecule has 0 radical (unpaired) electrons. The van der Waals surface area contributed by atoms with Gasteiger partial charge >= 0.3 is 6.03 Å². The predicted molar refractivity (Wildman–Crippen MR) is 94.4 cm³/mol. The summed E-state index contributed by atoms with van der Waals surface area (Å²) in [4.78, 5) is 27.9. The van der Waals surface area contributed by atoms with Gasteiger partial charge in [-0.2, -0.15) is 5.10 Å². The highest BCUT2D eigenvalue weighted by Crippen LogP contribution is 2.26. The molecule has 3 fully saturated rings. The molecule has 7 heteroatoms. The number of aromatic nitrogens is 2. The molecule has 1 aromatic rings. The Morgan fingerprint density at radius 2 is 1.88 bits per heavy atom. The van der Waals surface area contributed by atoms with Crippen LogP contribution in [0.2, 0.25) is 0 Å². The highest BCUT2D eigenvalue weighted by molar-refractivity contribution is 5.95. The predicted octanol–water partition coefficient (Wildman–Crippen LogP) is 2.30. The van der Waals surface area contributed by atoms with Crippen LogP contribution in [0.1, 0.15) is 57.4 Å². The Bertz CT molecular complexity index is 629. The molecular weight excluding hydrogens is 318 g/mol. The lowest BCUT2D eigenvalue weighted by molar-refractivity contribution is -0.117. The lowest BCUT2D eigenvalue weighted by Gasteiger charge is -2.39. The minimum absolute atomic E-state index is 0.0604. The van der Waals surface area contributed by atoms with Crippen LogP contribution in [0.5, 0.6) is 0 Å². The number of urea groups is 1. The van der Waals surface area contributed by atoms with E-state index in [2.05, 4.69) is 10.4 Å². The third-order valence-electron chi connectivity index (χ3n) is 5.68. The third-order valence-corrected chi connectivity index (χ3v) is 5.68. The molecule has 0 bridgehead atoms. The highest BCUT2D eigenvalue weighted by Gasteiger charge is 2.34. The molecule has 2 saturated heterocycles. The molecular formula is C18H27N5O2. The van der Waals surface area contributed by atoms with Crippen molar-refractivity contribution in [3.8, 4) is 0 Å². The number of amides is 3. The Kier molecular flexibility index (Phi) is 4.63. The topological polar surface area (TPSA) is 70.5 Å². The Hall–Kier alpha value is -2.05. The van der Waals surface area contributed by atoms with Crippen molar-refractivity contribution in [2.75, 3.05) is 24.5 Å². The van der Waals surface area contributed by atoms with E-state index in [1.165, 1.54) is 25.7 Å². The van der Waals surface area contributed by atoms with Crippen LogP contribution in [0, 0.1) is 0 Å². The fraction of sp³-hybridized carbons (Fsp3) is 0.722. The van der Waals surface area contributed by atoms with Gasteiger partial charge in [-0.3, -0.25) is 9.48 Å².